The van der Waals surface area contributed by atoms with Crippen molar-refractivity contribution in [2.45, 2.75) is 20.3 Å². The Morgan fingerprint density at radius 2 is 1.78 bits per heavy atom. The van der Waals surface area contributed by atoms with E-state index in [-0.39, 0.29) is 5.91 Å². The molecule has 1 aromatic heterocycles. The molecule has 0 aliphatic heterocycles. The number of nitrogens with zero attached hydrogens (tertiary/aromatic N) is 3. The molecule has 0 bridgehead atoms. The predicted molar refractivity (Wildman–Crippen MR) is 118 cm³/mol. The summed E-state index contributed by atoms with van der Waals surface area (Å²) in [5, 5.41) is 0.769. The first-order valence-corrected chi connectivity index (χ1v) is 10.6. The van der Waals surface area contributed by atoms with E-state index < -0.39 is 0 Å². The molecule has 4 nitrogen and oxygen atoms in total. The summed E-state index contributed by atoms with van der Waals surface area (Å²) in [7, 11) is 4.09. The summed E-state index contributed by atoms with van der Waals surface area (Å²) >= 11 is 5.02. The molecule has 6 heteroatoms. The second kappa shape index (κ2) is 8.50. The van der Waals surface area contributed by atoms with Crippen LogP contribution in [0.4, 0.5) is 5.13 Å². The molecule has 3 aromatic rings. The number of fused-ring (bicyclic) bond motifs is 1. The number of amides is 1. The van der Waals surface area contributed by atoms with E-state index in [0.29, 0.717) is 12.1 Å². The molecule has 0 spiro atoms. The predicted octanol–water partition coefficient (Wildman–Crippen LogP) is 5.27. The molecule has 0 radical (unpaired) electrons. The van der Waals surface area contributed by atoms with E-state index in [1.54, 1.807) is 11.3 Å². The molecule has 3 rings (SSSR count). The smallest absolute Gasteiger partial charge is 0.260 e. The van der Waals surface area contributed by atoms with Crippen LogP contribution in [0.25, 0.3) is 10.2 Å². The van der Waals surface area contributed by atoms with Crippen LogP contribution in [-0.4, -0.2) is 43.0 Å². The number of aromatic nitrogens is 1. The Kier molecular flexibility index (Phi) is 6.29. The van der Waals surface area contributed by atoms with Crippen LogP contribution < -0.4 is 4.90 Å². The summed E-state index contributed by atoms with van der Waals surface area (Å²) in [5.41, 5.74) is 4.07. The molecular formula is C21H24BrN3OS. The van der Waals surface area contributed by atoms with Crippen LogP contribution in [0, 0.1) is 13.8 Å². The van der Waals surface area contributed by atoms with Gasteiger partial charge in [-0.15, -0.1) is 0 Å². The first kappa shape index (κ1) is 20.0. The third-order valence-corrected chi connectivity index (χ3v) is 6.20. The maximum atomic E-state index is 13.2. The molecule has 0 saturated heterocycles. The molecule has 142 valence electrons. The van der Waals surface area contributed by atoms with Gasteiger partial charge in [-0.1, -0.05) is 33.3 Å². The highest BCUT2D eigenvalue weighted by atomic mass is 79.9. The topological polar surface area (TPSA) is 36.4 Å². The number of halogens is 1. The average Bonchev–Trinajstić information content (AvgIpc) is 3.06. The van der Waals surface area contributed by atoms with Gasteiger partial charge in [-0.2, -0.15) is 0 Å². The highest BCUT2D eigenvalue weighted by Crippen LogP contribution is 2.32. The molecule has 0 aliphatic carbocycles. The lowest BCUT2D eigenvalue weighted by Gasteiger charge is -2.21. The van der Waals surface area contributed by atoms with Crippen LogP contribution in [0.2, 0.25) is 0 Å². The molecule has 0 unspecified atom stereocenters. The van der Waals surface area contributed by atoms with E-state index in [9.17, 15) is 4.79 Å². The number of thiazole rings is 1. The van der Waals surface area contributed by atoms with E-state index in [2.05, 4.69) is 46.8 Å². The van der Waals surface area contributed by atoms with Gasteiger partial charge in [0.15, 0.2) is 5.13 Å². The first-order valence-electron chi connectivity index (χ1n) is 8.95. The third kappa shape index (κ3) is 4.57. The van der Waals surface area contributed by atoms with Gasteiger partial charge in [0.25, 0.3) is 5.91 Å². The second-order valence-electron chi connectivity index (χ2n) is 6.97. The molecule has 0 atom stereocenters. The van der Waals surface area contributed by atoms with Crippen molar-refractivity contribution in [3.63, 3.8) is 0 Å². The van der Waals surface area contributed by atoms with Crippen LogP contribution in [0.5, 0.6) is 0 Å². The van der Waals surface area contributed by atoms with Crippen LogP contribution in [0.1, 0.15) is 27.9 Å². The van der Waals surface area contributed by atoms with Crippen molar-refractivity contribution < 1.29 is 4.79 Å². The maximum Gasteiger partial charge on any atom is 0.260 e. The Labute approximate surface area is 172 Å². The summed E-state index contributed by atoms with van der Waals surface area (Å²) < 4.78 is 2.08. The number of carbonyl (C=O) groups is 1. The van der Waals surface area contributed by atoms with Crippen LogP contribution in [0.3, 0.4) is 0 Å². The van der Waals surface area contributed by atoms with E-state index in [0.717, 1.165) is 32.8 Å². The zero-order valence-electron chi connectivity index (χ0n) is 16.1. The number of carbonyl (C=O) groups excluding carboxylic acids is 1. The largest absolute Gasteiger partial charge is 0.309 e. The van der Waals surface area contributed by atoms with Gasteiger partial charge in [0.05, 0.1) is 10.2 Å². The lowest BCUT2D eigenvalue weighted by atomic mass is 10.1. The zero-order chi connectivity index (χ0) is 19.6. The van der Waals surface area contributed by atoms with Gasteiger partial charge in [-0.3, -0.25) is 9.69 Å². The van der Waals surface area contributed by atoms with Gasteiger partial charge in [0.1, 0.15) is 0 Å². The SMILES string of the molecule is Cc1ccc2sc(N(CCCN(C)C)C(=O)c3ccc(Br)cc3)nc2c1C. The van der Waals surface area contributed by atoms with Crippen LogP contribution >= 0.6 is 27.3 Å². The summed E-state index contributed by atoms with van der Waals surface area (Å²) in [6.45, 7) is 5.75. The van der Waals surface area contributed by atoms with Crippen molar-refractivity contribution in [3.05, 3.63) is 57.6 Å². The molecule has 0 N–H and O–H groups in total. The standard InChI is InChI=1S/C21H24BrN3OS/c1-14-6-11-18-19(15(14)2)23-21(27-18)25(13-5-12-24(3)4)20(26)16-7-9-17(22)10-8-16/h6-11H,5,12-13H2,1-4H3. The van der Waals surface area contributed by atoms with Gasteiger partial charge < -0.3 is 4.90 Å². The van der Waals surface area contributed by atoms with E-state index in [4.69, 9.17) is 4.98 Å². The summed E-state index contributed by atoms with van der Waals surface area (Å²) in [6.07, 6.45) is 0.892. The van der Waals surface area contributed by atoms with Gasteiger partial charge in [0.2, 0.25) is 0 Å². The first-order chi connectivity index (χ1) is 12.9. The molecule has 1 amide bonds. The third-order valence-electron chi connectivity index (χ3n) is 4.63. The minimum absolute atomic E-state index is 0.00492. The summed E-state index contributed by atoms with van der Waals surface area (Å²) in [5.74, 6) is -0.00492. The van der Waals surface area contributed by atoms with Crippen molar-refractivity contribution in [1.82, 2.24) is 9.88 Å². The zero-order valence-corrected chi connectivity index (χ0v) is 18.5. The molecule has 0 aliphatic rings. The van der Waals surface area contributed by atoms with Crippen molar-refractivity contribution in [1.29, 1.82) is 0 Å². The fraction of sp³-hybridized carbons (Fsp3) is 0.333. The molecular weight excluding hydrogens is 422 g/mol. The van der Waals surface area contributed by atoms with E-state index >= 15 is 0 Å². The molecule has 2 aromatic carbocycles. The fourth-order valence-electron chi connectivity index (χ4n) is 2.91. The van der Waals surface area contributed by atoms with Crippen LogP contribution in [0.15, 0.2) is 40.9 Å². The Hall–Kier alpha value is -1.76. The molecule has 27 heavy (non-hydrogen) atoms. The molecule has 1 heterocycles. The Balaban J connectivity index is 1.97. The number of aryl methyl sites for hydroxylation is 2. The van der Waals surface area contributed by atoms with Gasteiger partial charge in [-0.05, 0) is 82.4 Å². The van der Waals surface area contributed by atoms with E-state index in [1.807, 2.05) is 43.3 Å². The lowest BCUT2D eigenvalue weighted by molar-refractivity contribution is 0.0986. The summed E-state index contributed by atoms with van der Waals surface area (Å²) in [6, 6.07) is 11.7. The number of anilines is 1. The van der Waals surface area contributed by atoms with Gasteiger partial charge in [-0.25, -0.2) is 4.98 Å². The van der Waals surface area contributed by atoms with Crippen molar-refractivity contribution >= 4 is 48.5 Å². The monoisotopic (exact) mass is 445 g/mol. The minimum Gasteiger partial charge on any atom is -0.309 e. The van der Waals surface area contributed by atoms with Crippen molar-refractivity contribution in [2.75, 3.05) is 32.1 Å². The lowest BCUT2D eigenvalue weighted by Crippen LogP contribution is -2.33. The number of hydrogen-bond acceptors (Lipinski definition) is 4. The Morgan fingerprint density at radius 3 is 2.44 bits per heavy atom. The van der Waals surface area contributed by atoms with Gasteiger partial charge >= 0.3 is 0 Å². The second-order valence-corrected chi connectivity index (χ2v) is 8.90. The normalized spacial score (nSPS) is 11.3. The number of rotatable bonds is 6. The highest BCUT2D eigenvalue weighted by molar-refractivity contribution is 9.10. The van der Waals surface area contributed by atoms with Gasteiger partial charge in [0, 0.05) is 16.6 Å². The summed E-state index contributed by atoms with van der Waals surface area (Å²) in [4.78, 5) is 22.0. The number of hydrogen-bond donors (Lipinski definition) is 0. The number of benzene rings is 2. The van der Waals surface area contributed by atoms with Crippen molar-refractivity contribution in [3.8, 4) is 0 Å². The molecule has 0 saturated carbocycles. The maximum absolute atomic E-state index is 13.2. The average molecular weight is 446 g/mol. The highest BCUT2D eigenvalue weighted by Gasteiger charge is 2.21. The van der Waals surface area contributed by atoms with Crippen molar-refractivity contribution in [2.24, 2.45) is 0 Å². The quantitative estimate of drug-likeness (QED) is 0.517. The van der Waals surface area contributed by atoms with E-state index in [1.165, 1.54) is 11.1 Å². The Bertz CT molecular complexity index is 950. The fourth-order valence-corrected chi connectivity index (χ4v) is 4.22. The Morgan fingerprint density at radius 1 is 1.07 bits per heavy atom. The minimum atomic E-state index is -0.00492. The molecule has 0 fully saturated rings. The van der Waals surface area contributed by atoms with Crippen LogP contribution in [-0.2, 0) is 0 Å².